The molecule has 0 amide bonds. The molecule has 88 valence electrons. The SMILES string of the molecule is CNc1cccc(-c2ccc(C)c(C)c2)c1C. The summed E-state index contributed by atoms with van der Waals surface area (Å²) in [4.78, 5) is 0. The Balaban J connectivity index is 2.56. The van der Waals surface area contributed by atoms with Crippen LogP contribution in [0.5, 0.6) is 0 Å². The predicted molar refractivity (Wildman–Crippen MR) is 75.6 cm³/mol. The van der Waals surface area contributed by atoms with Gasteiger partial charge in [0.25, 0.3) is 0 Å². The van der Waals surface area contributed by atoms with Crippen LogP contribution in [-0.2, 0) is 0 Å². The first-order valence-corrected chi connectivity index (χ1v) is 5.98. The highest BCUT2D eigenvalue weighted by atomic mass is 14.8. The predicted octanol–water partition coefficient (Wildman–Crippen LogP) is 4.32. The molecule has 0 aliphatic carbocycles. The number of aryl methyl sites for hydroxylation is 2. The summed E-state index contributed by atoms with van der Waals surface area (Å²) in [5.74, 6) is 0. The van der Waals surface area contributed by atoms with Gasteiger partial charge in [0.15, 0.2) is 0 Å². The van der Waals surface area contributed by atoms with Gasteiger partial charge in [-0.1, -0.05) is 30.3 Å². The van der Waals surface area contributed by atoms with Crippen LogP contribution in [0.15, 0.2) is 36.4 Å². The van der Waals surface area contributed by atoms with Crippen LogP contribution < -0.4 is 5.32 Å². The van der Waals surface area contributed by atoms with Crippen LogP contribution >= 0.6 is 0 Å². The van der Waals surface area contributed by atoms with Crippen molar-refractivity contribution in [2.45, 2.75) is 20.8 Å². The van der Waals surface area contributed by atoms with E-state index in [-0.39, 0.29) is 0 Å². The maximum atomic E-state index is 3.23. The Morgan fingerprint density at radius 1 is 0.882 bits per heavy atom. The van der Waals surface area contributed by atoms with Crippen LogP contribution in [0.1, 0.15) is 16.7 Å². The fourth-order valence-corrected chi connectivity index (χ4v) is 2.13. The molecule has 0 fully saturated rings. The Hall–Kier alpha value is -1.76. The zero-order valence-electron chi connectivity index (χ0n) is 11.0. The van der Waals surface area contributed by atoms with Crippen LogP contribution in [0.3, 0.4) is 0 Å². The van der Waals surface area contributed by atoms with Crippen molar-refractivity contribution in [3.05, 3.63) is 53.1 Å². The van der Waals surface area contributed by atoms with Crippen LogP contribution in [0.4, 0.5) is 5.69 Å². The molecule has 0 saturated heterocycles. The van der Waals surface area contributed by atoms with Crippen molar-refractivity contribution in [3.63, 3.8) is 0 Å². The molecule has 0 spiro atoms. The van der Waals surface area contributed by atoms with Crippen molar-refractivity contribution in [2.24, 2.45) is 0 Å². The van der Waals surface area contributed by atoms with Gasteiger partial charge >= 0.3 is 0 Å². The monoisotopic (exact) mass is 225 g/mol. The largest absolute Gasteiger partial charge is 0.388 e. The van der Waals surface area contributed by atoms with Gasteiger partial charge in [-0.25, -0.2) is 0 Å². The summed E-state index contributed by atoms with van der Waals surface area (Å²) < 4.78 is 0. The maximum absolute atomic E-state index is 3.23. The van der Waals surface area contributed by atoms with Crippen molar-refractivity contribution in [2.75, 3.05) is 12.4 Å². The fourth-order valence-electron chi connectivity index (χ4n) is 2.13. The summed E-state index contributed by atoms with van der Waals surface area (Å²) in [7, 11) is 1.96. The molecule has 17 heavy (non-hydrogen) atoms. The van der Waals surface area contributed by atoms with Gasteiger partial charge < -0.3 is 5.32 Å². The van der Waals surface area contributed by atoms with E-state index in [2.05, 4.69) is 62.5 Å². The third-order valence-electron chi connectivity index (χ3n) is 3.42. The summed E-state index contributed by atoms with van der Waals surface area (Å²) in [5.41, 5.74) is 7.79. The van der Waals surface area contributed by atoms with Crippen LogP contribution in [0, 0.1) is 20.8 Å². The Morgan fingerprint density at radius 2 is 1.65 bits per heavy atom. The van der Waals surface area contributed by atoms with E-state index in [1.165, 1.54) is 33.5 Å². The lowest BCUT2D eigenvalue weighted by Crippen LogP contribution is -1.94. The van der Waals surface area contributed by atoms with Crippen molar-refractivity contribution in [1.82, 2.24) is 0 Å². The summed E-state index contributed by atoms with van der Waals surface area (Å²) in [5, 5.41) is 3.23. The van der Waals surface area contributed by atoms with E-state index in [1.807, 2.05) is 7.05 Å². The lowest BCUT2D eigenvalue weighted by molar-refractivity contribution is 1.33. The van der Waals surface area contributed by atoms with E-state index in [0.717, 1.165) is 0 Å². The Morgan fingerprint density at radius 3 is 2.29 bits per heavy atom. The number of hydrogen-bond acceptors (Lipinski definition) is 1. The highest BCUT2D eigenvalue weighted by Crippen LogP contribution is 2.29. The molecule has 0 saturated carbocycles. The second-order valence-electron chi connectivity index (χ2n) is 4.53. The topological polar surface area (TPSA) is 12.0 Å². The van der Waals surface area contributed by atoms with Crippen LogP contribution in [0.25, 0.3) is 11.1 Å². The fraction of sp³-hybridized carbons (Fsp3) is 0.250. The smallest absolute Gasteiger partial charge is 0.0373 e. The molecule has 0 bridgehead atoms. The van der Waals surface area contributed by atoms with E-state index in [4.69, 9.17) is 0 Å². The van der Waals surface area contributed by atoms with E-state index >= 15 is 0 Å². The van der Waals surface area contributed by atoms with E-state index in [0.29, 0.717) is 0 Å². The minimum atomic E-state index is 1.20. The van der Waals surface area contributed by atoms with Crippen LogP contribution in [0.2, 0.25) is 0 Å². The second-order valence-corrected chi connectivity index (χ2v) is 4.53. The number of benzene rings is 2. The number of hydrogen-bond donors (Lipinski definition) is 1. The average Bonchev–Trinajstić information content (AvgIpc) is 2.33. The summed E-state index contributed by atoms with van der Waals surface area (Å²) in [6.45, 7) is 6.47. The third kappa shape index (κ3) is 2.19. The number of nitrogens with one attached hydrogen (secondary N) is 1. The zero-order chi connectivity index (χ0) is 12.4. The molecule has 0 aliphatic rings. The molecule has 1 N–H and O–H groups in total. The van der Waals surface area contributed by atoms with Gasteiger partial charge in [-0.3, -0.25) is 0 Å². The molecule has 0 aliphatic heterocycles. The Kier molecular flexibility index (Phi) is 3.19. The van der Waals surface area contributed by atoms with E-state index in [1.54, 1.807) is 0 Å². The van der Waals surface area contributed by atoms with Crippen molar-refractivity contribution in [3.8, 4) is 11.1 Å². The van der Waals surface area contributed by atoms with Gasteiger partial charge in [0.2, 0.25) is 0 Å². The van der Waals surface area contributed by atoms with E-state index < -0.39 is 0 Å². The summed E-state index contributed by atoms with van der Waals surface area (Å²) in [6.07, 6.45) is 0. The van der Waals surface area contributed by atoms with Gasteiger partial charge in [-0.15, -0.1) is 0 Å². The van der Waals surface area contributed by atoms with Crippen molar-refractivity contribution < 1.29 is 0 Å². The first kappa shape index (κ1) is 11.7. The van der Waals surface area contributed by atoms with Gasteiger partial charge in [0.1, 0.15) is 0 Å². The first-order chi connectivity index (χ1) is 8.13. The van der Waals surface area contributed by atoms with E-state index in [9.17, 15) is 0 Å². The molecule has 1 heteroatoms. The van der Waals surface area contributed by atoms with Crippen molar-refractivity contribution >= 4 is 5.69 Å². The van der Waals surface area contributed by atoms with Gasteiger partial charge in [-0.2, -0.15) is 0 Å². The standard InChI is InChI=1S/C16H19N/c1-11-8-9-14(10-12(11)2)15-6-5-7-16(17-4)13(15)3/h5-10,17H,1-4H3. The molecule has 2 aromatic carbocycles. The van der Waals surface area contributed by atoms with Gasteiger partial charge in [0, 0.05) is 12.7 Å². The molecule has 0 aromatic heterocycles. The minimum Gasteiger partial charge on any atom is -0.388 e. The zero-order valence-corrected chi connectivity index (χ0v) is 11.0. The second kappa shape index (κ2) is 4.62. The molecule has 2 rings (SSSR count). The normalized spacial score (nSPS) is 10.4. The maximum Gasteiger partial charge on any atom is 0.0373 e. The highest BCUT2D eigenvalue weighted by Gasteiger charge is 2.05. The summed E-state index contributed by atoms with van der Waals surface area (Å²) in [6, 6.07) is 13.0. The lowest BCUT2D eigenvalue weighted by atomic mass is 9.96. The number of anilines is 1. The highest BCUT2D eigenvalue weighted by molar-refractivity contribution is 5.74. The molecule has 0 heterocycles. The Labute approximate surface area is 103 Å². The molecular formula is C16H19N. The van der Waals surface area contributed by atoms with Gasteiger partial charge in [-0.05, 0) is 54.7 Å². The molecular weight excluding hydrogens is 206 g/mol. The molecule has 1 nitrogen and oxygen atoms in total. The lowest BCUT2D eigenvalue weighted by Gasteiger charge is -2.12. The summed E-state index contributed by atoms with van der Waals surface area (Å²) >= 11 is 0. The van der Waals surface area contributed by atoms with Crippen molar-refractivity contribution in [1.29, 1.82) is 0 Å². The third-order valence-corrected chi connectivity index (χ3v) is 3.42. The number of rotatable bonds is 2. The minimum absolute atomic E-state index is 1.20. The molecule has 0 radical (unpaired) electrons. The van der Waals surface area contributed by atoms with Crippen LogP contribution in [-0.4, -0.2) is 7.05 Å². The first-order valence-electron chi connectivity index (χ1n) is 5.98. The molecule has 2 aromatic rings. The Bertz CT molecular complexity index is 541. The molecule has 0 unspecified atom stereocenters. The molecule has 0 atom stereocenters. The van der Waals surface area contributed by atoms with Gasteiger partial charge in [0.05, 0.1) is 0 Å². The quantitative estimate of drug-likeness (QED) is 0.802. The average molecular weight is 225 g/mol.